The van der Waals surface area contributed by atoms with E-state index in [9.17, 15) is 16.8 Å². The van der Waals surface area contributed by atoms with Gasteiger partial charge in [0.25, 0.3) is 0 Å². The van der Waals surface area contributed by atoms with Crippen LogP contribution < -0.4 is 25.5 Å². The second-order valence-corrected chi connectivity index (χ2v) is 28.2. The number of pyridine rings is 6. The van der Waals surface area contributed by atoms with Gasteiger partial charge in [-0.3, -0.25) is 19.9 Å². The van der Waals surface area contributed by atoms with Gasteiger partial charge in [0.05, 0.1) is 46.3 Å². The van der Waals surface area contributed by atoms with Gasteiger partial charge in [0, 0.05) is 70.1 Å². The molecular weight excluding hydrogens is 1160 g/mol. The van der Waals surface area contributed by atoms with Crippen molar-refractivity contribution in [3.8, 4) is 33.5 Å². The molecule has 0 amide bonds. The highest BCUT2D eigenvalue weighted by Crippen LogP contribution is 2.41. The molecule has 4 N–H and O–H groups in total. The Kier molecular flexibility index (Phi) is 19.3. The summed E-state index contributed by atoms with van der Waals surface area (Å²) in [5, 5.41) is 11.6. The SMILES string of the molecule is CC(C)(C)NS(=O)(=O)c1cncc(B2OC(C)(C)C(C)(C)O2)c1.Cc1c(-c2cncc(S(=O)(=O)NC(C)(C)C)c2)nc(NCc2ccccn2)c2c(-c3ccccc3)cccc12.Cc1c(Cl)nc(NCc2ccccn2)c2c(-c3ccccc3)cccc12. The standard InChI is InChI=1S/C31H31N5O2S.C22H18ClN3.C15H25BN2O4S/c1-21-26-14-10-15-27(22-11-6-5-7-12-22)28(26)30(34-19-24-13-8-9-16-33-24)35-29(21)23-17-25(20-32-18-23)39(37,38)36-31(2,3)4;1-15-18-11-7-12-19(16-8-3-2-4-9-16)20(18)22(26-21(15)23)25-14-17-10-5-6-13-24-17;1-13(2,3)18-23(19,20)12-8-11(9-17-10-12)16-21-14(4,5)15(6,7)22-16/h5-18,20,36H,19H2,1-4H3,(H,34,35);2-13H,14H2,1H3,(H,25,26);8-10,18H,1-7H3. The van der Waals surface area contributed by atoms with Crippen LogP contribution in [0.25, 0.3) is 55.1 Å². The molecule has 16 nitrogen and oxygen atoms in total. The lowest BCUT2D eigenvalue weighted by Crippen LogP contribution is -2.41. The molecule has 7 heterocycles. The molecule has 20 heteroatoms. The minimum Gasteiger partial charge on any atom is -0.399 e. The van der Waals surface area contributed by atoms with Crippen LogP contribution in [0, 0.1) is 13.8 Å². The molecule has 10 aromatic rings. The average molecular weight is 1240 g/mol. The number of nitrogens with zero attached hydrogens (tertiary/aromatic N) is 6. The smallest absolute Gasteiger partial charge is 0.399 e. The van der Waals surface area contributed by atoms with Crippen LogP contribution in [-0.4, -0.2) is 76.1 Å². The first-order valence-electron chi connectivity index (χ1n) is 28.8. The summed E-state index contributed by atoms with van der Waals surface area (Å²) in [5.74, 6) is 1.47. The van der Waals surface area contributed by atoms with E-state index in [1.807, 2.05) is 120 Å². The van der Waals surface area contributed by atoms with Gasteiger partial charge in [0.15, 0.2) is 0 Å². The van der Waals surface area contributed by atoms with Gasteiger partial charge >= 0.3 is 7.12 Å². The molecule has 6 aromatic heterocycles. The monoisotopic (exact) mass is 1240 g/mol. The molecule has 0 saturated carbocycles. The lowest BCUT2D eigenvalue weighted by atomic mass is 9.80. The lowest BCUT2D eigenvalue weighted by molar-refractivity contribution is 0.00578. The largest absolute Gasteiger partial charge is 0.496 e. The third kappa shape index (κ3) is 15.4. The Hall–Kier alpha value is -8.01. The number of benzene rings is 4. The minimum atomic E-state index is -3.77. The molecule has 0 spiro atoms. The first kappa shape index (κ1) is 64.5. The second kappa shape index (κ2) is 26.4. The van der Waals surface area contributed by atoms with Crippen molar-refractivity contribution >= 4 is 77.4 Å². The number of hydrogen-bond donors (Lipinski definition) is 4. The zero-order valence-corrected chi connectivity index (χ0v) is 54.0. The van der Waals surface area contributed by atoms with Crippen molar-refractivity contribution in [2.24, 2.45) is 0 Å². The molecule has 1 aliphatic heterocycles. The van der Waals surface area contributed by atoms with Crippen LogP contribution in [0.3, 0.4) is 0 Å². The van der Waals surface area contributed by atoms with E-state index in [4.69, 9.17) is 25.9 Å². The summed E-state index contributed by atoms with van der Waals surface area (Å²) in [4.78, 5) is 27.0. The summed E-state index contributed by atoms with van der Waals surface area (Å²) in [7, 11) is -8.06. The molecule has 1 aliphatic rings. The van der Waals surface area contributed by atoms with E-state index in [0.717, 1.165) is 72.1 Å². The van der Waals surface area contributed by atoms with Crippen molar-refractivity contribution in [3.63, 3.8) is 0 Å². The van der Waals surface area contributed by atoms with Gasteiger partial charge in [-0.15, -0.1) is 0 Å². The Bertz CT molecular complexity index is 4310. The molecule has 88 heavy (non-hydrogen) atoms. The maximum atomic E-state index is 13.1. The predicted molar refractivity (Wildman–Crippen MR) is 355 cm³/mol. The highest BCUT2D eigenvalue weighted by molar-refractivity contribution is 7.89. The number of sulfonamides is 2. The molecule has 454 valence electrons. The number of nitrogens with one attached hydrogen (secondary N) is 4. The summed E-state index contributed by atoms with van der Waals surface area (Å²) in [6.07, 6.45) is 9.46. The van der Waals surface area contributed by atoms with Crippen LogP contribution >= 0.6 is 11.6 Å². The van der Waals surface area contributed by atoms with E-state index >= 15 is 0 Å². The number of rotatable bonds is 14. The first-order chi connectivity index (χ1) is 41.6. The highest BCUT2D eigenvalue weighted by atomic mass is 35.5. The Labute approximate surface area is 522 Å². The highest BCUT2D eigenvalue weighted by Gasteiger charge is 2.52. The Morgan fingerprint density at radius 3 is 1.42 bits per heavy atom. The fraction of sp³-hybridized carbons (Fsp3) is 0.265. The number of hydrogen-bond acceptors (Lipinski definition) is 14. The topological polar surface area (TPSA) is 212 Å². The average Bonchev–Trinajstić information content (AvgIpc) is 3.53. The fourth-order valence-corrected chi connectivity index (χ4v) is 12.9. The van der Waals surface area contributed by atoms with Gasteiger partial charge < -0.3 is 19.9 Å². The Morgan fingerprint density at radius 1 is 0.511 bits per heavy atom. The van der Waals surface area contributed by atoms with E-state index in [-0.39, 0.29) is 9.79 Å². The van der Waals surface area contributed by atoms with Crippen molar-refractivity contribution in [1.82, 2.24) is 39.3 Å². The van der Waals surface area contributed by atoms with Gasteiger partial charge in [-0.1, -0.05) is 121 Å². The molecule has 4 aromatic carbocycles. The van der Waals surface area contributed by atoms with Crippen molar-refractivity contribution in [1.29, 1.82) is 0 Å². The first-order valence-corrected chi connectivity index (χ1v) is 32.2. The molecule has 0 radical (unpaired) electrons. The molecule has 1 saturated heterocycles. The van der Waals surface area contributed by atoms with Crippen molar-refractivity contribution in [2.45, 2.75) is 128 Å². The maximum absolute atomic E-state index is 13.1. The Morgan fingerprint density at radius 2 is 0.955 bits per heavy atom. The van der Waals surface area contributed by atoms with Gasteiger partial charge in [-0.2, -0.15) is 0 Å². The fourth-order valence-electron chi connectivity index (χ4n) is 9.89. The van der Waals surface area contributed by atoms with E-state index in [2.05, 4.69) is 99.6 Å². The molecular formula is C68H74BClN10O6S2. The van der Waals surface area contributed by atoms with Crippen molar-refractivity contribution in [3.05, 3.63) is 210 Å². The number of anilines is 2. The van der Waals surface area contributed by atoms with Crippen LogP contribution in [-0.2, 0) is 42.4 Å². The second-order valence-electron chi connectivity index (χ2n) is 24.5. The van der Waals surface area contributed by atoms with Gasteiger partial charge in [0.1, 0.15) is 21.7 Å². The third-order valence-electron chi connectivity index (χ3n) is 14.8. The van der Waals surface area contributed by atoms with Crippen LogP contribution in [0.1, 0.15) is 91.8 Å². The van der Waals surface area contributed by atoms with Crippen molar-refractivity contribution < 1.29 is 26.1 Å². The number of aromatic nitrogens is 6. The van der Waals surface area contributed by atoms with Crippen LogP contribution in [0.15, 0.2) is 193 Å². The lowest BCUT2D eigenvalue weighted by Gasteiger charge is -2.32. The van der Waals surface area contributed by atoms with Gasteiger partial charge in [0.2, 0.25) is 20.0 Å². The summed E-state index contributed by atoms with van der Waals surface area (Å²) in [6.45, 7) is 23.7. The van der Waals surface area contributed by atoms with Crippen LogP contribution in [0.5, 0.6) is 0 Å². The maximum Gasteiger partial charge on any atom is 0.496 e. The minimum absolute atomic E-state index is 0.0947. The van der Waals surface area contributed by atoms with Gasteiger partial charge in [-0.05, 0) is 164 Å². The Balaban J connectivity index is 0.000000165. The van der Waals surface area contributed by atoms with E-state index < -0.39 is 49.4 Å². The normalized spacial score (nSPS) is 13.9. The van der Waals surface area contributed by atoms with Crippen molar-refractivity contribution in [2.75, 3.05) is 10.6 Å². The third-order valence-corrected chi connectivity index (χ3v) is 18.6. The molecule has 11 rings (SSSR count). The van der Waals surface area contributed by atoms with E-state index in [0.29, 0.717) is 40.8 Å². The summed E-state index contributed by atoms with van der Waals surface area (Å²) >= 11 is 6.41. The van der Waals surface area contributed by atoms with Crippen LogP contribution in [0.2, 0.25) is 5.15 Å². The van der Waals surface area contributed by atoms with E-state index in [1.165, 1.54) is 12.4 Å². The van der Waals surface area contributed by atoms with Gasteiger partial charge in [-0.25, -0.2) is 36.2 Å². The summed E-state index contributed by atoms with van der Waals surface area (Å²) in [6, 6.07) is 47.9. The molecule has 0 unspecified atom stereocenters. The zero-order valence-electron chi connectivity index (χ0n) is 51.6. The zero-order chi connectivity index (χ0) is 63.2. The number of halogens is 1. The molecule has 0 aliphatic carbocycles. The molecule has 1 fully saturated rings. The number of aryl methyl sites for hydroxylation is 2. The molecule has 0 bridgehead atoms. The number of fused-ring (bicyclic) bond motifs is 2. The molecule has 0 atom stereocenters. The predicted octanol–water partition coefficient (Wildman–Crippen LogP) is 13.7. The van der Waals surface area contributed by atoms with E-state index in [1.54, 1.807) is 78.5 Å². The quantitative estimate of drug-likeness (QED) is 0.0589. The summed E-state index contributed by atoms with van der Waals surface area (Å²) < 4.78 is 68.2. The van der Waals surface area contributed by atoms with Crippen LogP contribution in [0.4, 0.5) is 11.6 Å². The summed E-state index contributed by atoms with van der Waals surface area (Å²) in [5.41, 5.74) is 7.90.